The van der Waals surface area contributed by atoms with E-state index in [0.717, 1.165) is 18.8 Å². The Kier molecular flexibility index (Phi) is 9.92. The van der Waals surface area contributed by atoms with Crippen molar-refractivity contribution < 1.29 is 9.13 Å². The van der Waals surface area contributed by atoms with E-state index < -0.39 is 0 Å². The zero-order valence-corrected chi connectivity index (χ0v) is 17.6. The number of para-hydroxylation sites is 1. The van der Waals surface area contributed by atoms with Crippen molar-refractivity contribution in [2.24, 2.45) is 12.0 Å². The molecule has 0 radical (unpaired) electrons. The van der Waals surface area contributed by atoms with Crippen molar-refractivity contribution in [2.75, 3.05) is 13.1 Å². The van der Waals surface area contributed by atoms with Crippen molar-refractivity contribution >= 4 is 29.9 Å². The van der Waals surface area contributed by atoms with Crippen molar-refractivity contribution in [3.8, 4) is 5.75 Å². The number of hydrogen-bond acceptors (Lipinski definition) is 4. The average Bonchev–Trinajstić information content (AvgIpc) is 3.02. The van der Waals surface area contributed by atoms with Crippen LogP contribution in [0.25, 0.3) is 0 Å². The summed E-state index contributed by atoms with van der Waals surface area (Å²) >= 11 is 0. The van der Waals surface area contributed by atoms with Crippen molar-refractivity contribution in [2.45, 2.75) is 32.9 Å². The molecule has 26 heavy (non-hydrogen) atoms. The lowest BCUT2D eigenvalue weighted by Crippen LogP contribution is -2.42. The first kappa shape index (κ1) is 22.1. The summed E-state index contributed by atoms with van der Waals surface area (Å²) in [7, 11) is 1.83. The normalized spacial score (nSPS) is 12.2. The Labute approximate surface area is 170 Å². The Morgan fingerprint density at radius 3 is 2.69 bits per heavy atom. The van der Waals surface area contributed by atoms with Gasteiger partial charge in [-0.15, -0.1) is 24.0 Å². The van der Waals surface area contributed by atoms with Crippen LogP contribution in [0.1, 0.15) is 26.1 Å². The van der Waals surface area contributed by atoms with Gasteiger partial charge in [0.2, 0.25) is 0 Å². The van der Waals surface area contributed by atoms with Crippen LogP contribution in [0.4, 0.5) is 4.39 Å². The van der Waals surface area contributed by atoms with Gasteiger partial charge in [-0.05, 0) is 25.5 Å². The molecule has 1 heterocycles. The zero-order chi connectivity index (χ0) is 18.1. The van der Waals surface area contributed by atoms with Gasteiger partial charge in [-0.3, -0.25) is 4.68 Å². The fourth-order valence-electron chi connectivity index (χ4n) is 2.15. The van der Waals surface area contributed by atoms with Crippen LogP contribution >= 0.6 is 24.0 Å². The highest BCUT2D eigenvalue weighted by atomic mass is 127. The summed E-state index contributed by atoms with van der Waals surface area (Å²) in [5, 5.41) is 10.4. The van der Waals surface area contributed by atoms with Crippen molar-refractivity contribution in [1.29, 1.82) is 0 Å². The molecule has 0 aliphatic rings. The van der Waals surface area contributed by atoms with E-state index >= 15 is 0 Å². The monoisotopic (exact) mass is 476 g/mol. The molecule has 1 aromatic carbocycles. The molecule has 2 N–H and O–H groups in total. The van der Waals surface area contributed by atoms with E-state index in [0.29, 0.717) is 19.0 Å². The number of guanidine groups is 1. The molecule has 0 bridgehead atoms. The van der Waals surface area contributed by atoms with Crippen molar-refractivity contribution in [3.63, 3.8) is 0 Å². The third-order valence-electron chi connectivity index (χ3n) is 3.61. The first-order valence-corrected chi connectivity index (χ1v) is 8.40. The predicted octanol–water partition coefficient (Wildman–Crippen LogP) is 2.48. The van der Waals surface area contributed by atoms with Crippen LogP contribution in [0.3, 0.4) is 0 Å². The summed E-state index contributed by atoms with van der Waals surface area (Å²) in [6.07, 6.45) is 2.07. The molecule has 1 atom stereocenters. The first-order valence-electron chi connectivity index (χ1n) is 8.40. The van der Waals surface area contributed by atoms with Gasteiger partial charge in [-0.1, -0.05) is 19.1 Å². The molecule has 7 nitrogen and oxygen atoms in total. The predicted molar refractivity (Wildman–Crippen MR) is 110 cm³/mol. The Hall–Kier alpha value is -1.91. The third-order valence-corrected chi connectivity index (χ3v) is 3.61. The van der Waals surface area contributed by atoms with Crippen molar-refractivity contribution in [3.05, 3.63) is 42.2 Å². The van der Waals surface area contributed by atoms with Gasteiger partial charge in [-0.25, -0.2) is 14.4 Å². The number of aryl methyl sites for hydroxylation is 1. The van der Waals surface area contributed by atoms with E-state index in [9.17, 15) is 4.39 Å². The Bertz CT molecular complexity index is 693. The zero-order valence-electron chi connectivity index (χ0n) is 15.3. The van der Waals surface area contributed by atoms with Gasteiger partial charge in [0.1, 0.15) is 24.8 Å². The van der Waals surface area contributed by atoms with Gasteiger partial charge in [-0.2, -0.15) is 5.10 Å². The molecule has 0 fully saturated rings. The third kappa shape index (κ3) is 6.77. The lowest BCUT2D eigenvalue weighted by Gasteiger charge is -2.20. The fourth-order valence-corrected chi connectivity index (χ4v) is 2.15. The summed E-state index contributed by atoms with van der Waals surface area (Å²) in [6.45, 7) is 5.64. The maximum absolute atomic E-state index is 13.7. The number of halogens is 2. The minimum atomic E-state index is -0.358. The number of hydrogen-bond donors (Lipinski definition) is 2. The van der Waals surface area contributed by atoms with Crippen LogP contribution in [0, 0.1) is 5.82 Å². The number of ether oxygens (including phenoxy) is 1. The minimum absolute atomic E-state index is 0. The number of nitrogens with zero attached hydrogens (tertiary/aromatic N) is 4. The number of aliphatic imine (C=N–C) groups is 1. The average molecular weight is 476 g/mol. The standard InChI is InChI=1S/C17H25FN6O.HI/c1-4-13(25-15-9-7-6-8-14(15)18)10-20-17(19-5-2)21-11-16-22-12-23-24(16)3;/h6-9,12-13H,4-5,10-11H2,1-3H3,(H2,19,20,21);1H. The van der Waals surface area contributed by atoms with E-state index in [2.05, 4.69) is 25.7 Å². The molecule has 2 rings (SSSR count). The van der Waals surface area contributed by atoms with Gasteiger partial charge < -0.3 is 15.4 Å². The Balaban J connectivity index is 0.00000338. The topological polar surface area (TPSA) is 76.4 Å². The molecule has 2 aromatic rings. The lowest BCUT2D eigenvalue weighted by atomic mass is 10.2. The molecule has 1 unspecified atom stereocenters. The van der Waals surface area contributed by atoms with Crippen LogP contribution in [-0.4, -0.2) is 39.9 Å². The number of benzene rings is 1. The van der Waals surface area contributed by atoms with Crippen LogP contribution < -0.4 is 15.4 Å². The second kappa shape index (κ2) is 11.7. The smallest absolute Gasteiger partial charge is 0.191 e. The number of rotatable bonds is 8. The number of aromatic nitrogens is 3. The summed E-state index contributed by atoms with van der Waals surface area (Å²) in [5.41, 5.74) is 0. The molecular formula is C17H26FIN6O. The molecular weight excluding hydrogens is 450 g/mol. The maximum Gasteiger partial charge on any atom is 0.191 e. The van der Waals surface area contributed by atoms with Crippen molar-refractivity contribution in [1.82, 2.24) is 25.4 Å². The molecule has 0 saturated carbocycles. The molecule has 0 saturated heterocycles. The van der Waals surface area contributed by atoms with Gasteiger partial charge in [0.15, 0.2) is 17.5 Å². The fraction of sp³-hybridized carbons (Fsp3) is 0.471. The van der Waals surface area contributed by atoms with E-state index in [-0.39, 0.29) is 41.6 Å². The SMILES string of the molecule is CCNC(=NCc1ncnn1C)NCC(CC)Oc1ccccc1F.I. The first-order chi connectivity index (χ1) is 12.1. The number of nitrogens with one attached hydrogen (secondary N) is 2. The summed E-state index contributed by atoms with van der Waals surface area (Å²) in [4.78, 5) is 8.64. The van der Waals surface area contributed by atoms with E-state index in [1.165, 1.54) is 12.4 Å². The summed E-state index contributed by atoms with van der Waals surface area (Å²) in [6, 6.07) is 6.42. The van der Waals surface area contributed by atoms with Crippen LogP contribution in [-0.2, 0) is 13.6 Å². The highest BCUT2D eigenvalue weighted by Gasteiger charge is 2.12. The van der Waals surface area contributed by atoms with Crippen LogP contribution in [0.15, 0.2) is 35.6 Å². The van der Waals surface area contributed by atoms with Crippen LogP contribution in [0.2, 0.25) is 0 Å². The van der Waals surface area contributed by atoms with E-state index in [1.807, 2.05) is 20.9 Å². The second-order valence-electron chi connectivity index (χ2n) is 5.45. The molecule has 0 amide bonds. The van der Waals surface area contributed by atoms with Crippen LogP contribution in [0.5, 0.6) is 5.75 Å². The molecule has 144 valence electrons. The Morgan fingerprint density at radius 1 is 1.31 bits per heavy atom. The summed E-state index contributed by atoms with van der Waals surface area (Å²) < 4.78 is 21.2. The molecule has 9 heteroatoms. The molecule has 0 spiro atoms. The highest BCUT2D eigenvalue weighted by Crippen LogP contribution is 2.17. The summed E-state index contributed by atoms with van der Waals surface area (Å²) in [5.74, 6) is 1.33. The molecule has 0 aliphatic heterocycles. The van der Waals surface area contributed by atoms with E-state index in [1.54, 1.807) is 22.9 Å². The quantitative estimate of drug-likeness (QED) is 0.348. The minimum Gasteiger partial charge on any atom is -0.486 e. The lowest BCUT2D eigenvalue weighted by molar-refractivity contribution is 0.191. The molecule has 1 aromatic heterocycles. The Morgan fingerprint density at radius 2 is 2.08 bits per heavy atom. The van der Waals surface area contributed by atoms with Gasteiger partial charge in [0.25, 0.3) is 0 Å². The largest absolute Gasteiger partial charge is 0.486 e. The van der Waals surface area contributed by atoms with Gasteiger partial charge >= 0.3 is 0 Å². The second-order valence-corrected chi connectivity index (χ2v) is 5.45. The van der Waals surface area contributed by atoms with Gasteiger partial charge in [0.05, 0.1) is 6.54 Å². The maximum atomic E-state index is 13.7. The van der Waals surface area contributed by atoms with E-state index in [4.69, 9.17) is 4.74 Å². The highest BCUT2D eigenvalue weighted by molar-refractivity contribution is 14.0. The molecule has 0 aliphatic carbocycles. The van der Waals surface area contributed by atoms with Gasteiger partial charge in [0, 0.05) is 13.6 Å².